The third-order valence-corrected chi connectivity index (χ3v) is 4.36. The van der Waals surface area contributed by atoms with E-state index in [0.29, 0.717) is 25.5 Å². The fourth-order valence-electron chi connectivity index (χ4n) is 2.46. The average molecular weight is 344 g/mol. The van der Waals surface area contributed by atoms with Crippen molar-refractivity contribution in [3.05, 3.63) is 52.6 Å². The molecule has 0 aromatic carbocycles. The maximum Gasteiger partial charge on any atom is 0.239 e. The molecule has 0 aliphatic rings. The Labute approximate surface area is 144 Å². The van der Waals surface area contributed by atoms with Crippen LogP contribution in [0.25, 0.3) is 0 Å². The maximum absolute atomic E-state index is 12.3. The highest BCUT2D eigenvalue weighted by Gasteiger charge is 2.11. The van der Waals surface area contributed by atoms with E-state index in [-0.39, 0.29) is 5.91 Å². The van der Waals surface area contributed by atoms with Gasteiger partial charge in [0.05, 0.1) is 25.5 Å². The van der Waals surface area contributed by atoms with Crippen LogP contribution in [0.15, 0.2) is 42.2 Å². The standard InChI is InChI=1S/C16H20N6OS/c1-20(9-13-8-18-21(2)10-13)12-16(23)19-15-5-6-17-22(15)11-14-4-3-7-24-14/h3-8,10H,9,11-12H2,1-2H3,(H,19,23). The molecule has 0 aliphatic heterocycles. The average Bonchev–Trinajstić information content (AvgIpc) is 3.24. The molecule has 0 radical (unpaired) electrons. The number of aromatic nitrogens is 4. The molecule has 1 N–H and O–H groups in total. The molecule has 3 aromatic rings. The number of aryl methyl sites for hydroxylation is 1. The highest BCUT2D eigenvalue weighted by Crippen LogP contribution is 2.14. The van der Waals surface area contributed by atoms with Gasteiger partial charge in [0.2, 0.25) is 5.91 Å². The number of nitrogens with zero attached hydrogens (tertiary/aromatic N) is 5. The Hall–Kier alpha value is -2.45. The number of hydrogen-bond donors (Lipinski definition) is 1. The van der Waals surface area contributed by atoms with Crippen molar-refractivity contribution >= 4 is 23.1 Å². The van der Waals surface area contributed by atoms with Gasteiger partial charge in [-0.05, 0) is 18.5 Å². The Bertz CT molecular complexity index is 791. The van der Waals surface area contributed by atoms with Crippen molar-refractivity contribution in [3.63, 3.8) is 0 Å². The van der Waals surface area contributed by atoms with Crippen molar-refractivity contribution in [2.24, 2.45) is 7.05 Å². The summed E-state index contributed by atoms with van der Waals surface area (Å²) in [7, 11) is 3.79. The third-order valence-electron chi connectivity index (χ3n) is 3.49. The molecule has 3 heterocycles. The summed E-state index contributed by atoms with van der Waals surface area (Å²) in [4.78, 5) is 15.4. The molecule has 24 heavy (non-hydrogen) atoms. The first-order valence-corrected chi connectivity index (χ1v) is 8.48. The quantitative estimate of drug-likeness (QED) is 0.710. The van der Waals surface area contributed by atoms with Crippen molar-refractivity contribution in [1.82, 2.24) is 24.5 Å². The van der Waals surface area contributed by atoms with E-state index in [1.165, 1.54) is 4.88 Å². The molecular formula is C16H20N6OS. The second kappa shape index (κ2) is 7.41. The van der Waals surface area contributed by atoms with Crippen LogP contribution >= 0.6 is 11.3 Å². The summed E-state index contributed by atoms with van der Waals surface area (Å²) in [6, 6.07) is 5.88. The largest absolute Gasteiger partial charge is 0.310 e. The molecule has 0 fully saturated rings. The molecule has 0 atom stereocenters. The predicted molar refractivity (Wildman–Crippen MR) is 93.8 cm³/mol. The van der Waals surface area contributed by atoms with E-state index in [1.807, 2.05) is 48.9 Å². The SMILES string of the molecule is CN(CC(=O)Nc1ccnn1Cc1cccs1)Cc1cnn(C)c1. The van der Waals surface area contributed by atoms with Gasteiger partial charge < -0.3 is 5.32 Å². The fourth-order valence-corrected chi connectivity index (χ4v) is 3.15. The minimum absolute atomic E-state index is 0.0608. The summed E-state index contributed by atoms with van der Waals surface area (Å²) in [6.45, 7) is 1.64. The predicted octanol–water partition coefficient (Wildman–Crippen LogP) is 1.80. The lowest BCUT2D eigenvalue weighted by atomic mass is 10.3. The highest BCUT2D eigenvalue weighted by atomic mass is 32.1. The number of carbonyl (C=O) groups excluding carboxylic acids is 1. The van der Waals surface area contributed by atoms with Gasteiger partial charge in [-0.2, -0.15) is 10.2 Å². The second-order valence-corrected chi connectivity index (χ2v) is 6.73. The van der Waals surface area contributed by atoms with Crippen molar-refractivity contribution in [2.75, 3.05) is 18.9 Å². The van der Waals surface area contributed by atoms with Crippen LogP contribution in [0.3, 0.4) is 0 Å². The fraction of sp³-hybridized carbons (Fsp3) is 0.312. The van der Waals surface area contributed by atoms with Gasteiger partial charge in [0, 0.05) is 36.3 Å². The topological polar surface area (TPSA) is 68.0 Å². The third kappa shape index (κ3) is 4.30. The Balaban J connectivity index is 1.54. The van der Waals surface area contributed by atoms with Crippen LogP contribution in [0.4, 0.5) is 5.82 Å². The Morgan fingerprint density at radius 2 is 2.25 bits per heavy atom. The van der Waals surface area contributed by atoms with E-state index in [0.717, 1.165) is 5.56 Å². The summed E-state index contributed by atoms with van der Waals surface area (Å²) >= 11 is 1.67. The van der Waals surface area contributed by atoms with E-state index >= 15 is 0 Å². The van der Waals surface area contributed by atoms with Crippen LogP contribution < -0.4 is 5.32 Å². The molecule has 0 aliphatic carbocycles. The monoisotopic (exact) mass is 344 g/mol. The summed E-state index contributed by atoms with van der Waals surface area (Å²) in [6.07, 6.45) is 5.46. The van der Waals surface area contributed by atoms with E-state index in [9.17, 15) is 4.79 Å². The van der Waals surface area contributed by atoms with Crippen LogP contribution in [-0.4, -0.2) is 44.0 Å². The lowest BCUT2D eigenvalue weighted by molar-refractivity contribution is -0.117. The number of anilines is 1. The molecule has 0 saturated heterocycles. The van der Waals surface area contributed by atoms with Crippen LogP contribution in [0.2, 0.25) is 0 Å². The highest BCUT2D eigenvalue weighted by molar-refractivity contribution is 7.09. The molecule has 0 spiro atoms. The zero-order valence-corrected chi connectivity index (χ0v) is 14.5. The van der Waals surface area contributed by atoms with Crippen LogP contribution in [-0.2, 0) is 24.9 Å². The van der Waals surface area contributed by atoms with Gasteiger partial charge in [-0.3, -0.25) is 14.4 Å². The minimum Gasteiger partial charge on any atom is -0.310 e. The first-order valence-electron chi connectivity index (χ1n) is 7.60. The number of thiophene rings is 1. The lowest BCUT2D eigenvalue weighted by Gasteiger charge is -2.15. The van der Waals surface area contributed by atoms with E-state index in [4.69, 9.17) is 0 Å². The van der Waals surface area contributed by atoms with Crippen molar-refractivity contribution in [3.8, 4) is 0 Å². The van der Waals surface area contributed by atoms with Crippen LogP contribution in [0.5, 0.6) is 0 Å². The summed E-state index contributed by atoms with van der Waals surface area (Å²) < 4.78 is 3.55. The van der Waals surface area contributed by atoms with E-state index < -0.39 is 0 Å². The molecule has 3 rings (SSSR count). The van der Waals surface area contributed by atoms with E-state index in [2.05, 4.69) is 21.6 Å². The van der Waals surface area contributed by atoms with Crippen molar-refractivity contribution < 1.29 is 4.79 Å². The maximum atomic E-state index is 12.3. The van der Waals surface area contributed by atoms with Gasteiger partial charge >= 0.3 is 0 Å². The minimum atomic E-state index is -0.0608. The Morgan fingerprint density at radius 3 is 2.96 bits per heavy atom. The molecule has 0 bridgehead atoms. The van der Waals surface area contributed by atoms with Gasteiger partial charge in [0.25, 0.3) is 0 Å². The van der Waals surface area contributed by atoms with Crippen molar-refractivity contribution in [1.29, 1.82) is 0 Å². The summed E-state index contributed by atoms with van der Waals surface area (Å²) in [5.74, 6) is 0.650. The second-order valence-electron chi connectivity index (χ2n) is 5.70. The molecule has 0 saturated carbocycles. The van der Waals surface area contributed by atoms with Gasteiger partial charge in [-0.15, -0.1) is 11.3 Å². The van der Waals surface area contributed by atoms with Crippen LogP contribution in [0.1, 0.15) is 10.4 Å². The van der Waals surface area contributed by atoms with Gasteiger partial charge in [0.1, 0.15) is 5.82 Å². The summed E-state index contributed by atoms with van der Waals surface area (Å²) in [5, 5.41) is 13.4. The number of amides is 1. The Kier molecular flexibility index (Phi) is 5.07. The first kappa shape index (κ1) is 16.4. The molecule has 7 nitrogen and oxygen atoms in total. The van der Waals surface area contributed by atoms with Crippen LogP contribution in [0, 0.1) is 0 Å². The number of nitrogens with one attached hydrogen (secondary N) is 1. The first-order chi connectivity index (χ1) is 11.6. The van der Waals surface area contributed by atoms with Gasteiger partial charge in [-0.1, -0.05) is 6.07 Å². The molecule has 3 aromatic heterocycles. The van der Waals surface area contributed by atoms with Crippen molar-refractivity contribution in [2.45, 2.75) is 13.1 Å². The molecule has 8 heteroatoms. The smallest absolute Gasteiger partial charge is 0.239 e. The summed E-state index contributed by atoms with van der Waals surface area (Å²) in [5.41, 5.74) is 1.08. The normalized spacial score (nSPS) is 11.1. The zero-order valence-electron chi connectivity index (χ0n) is 13.7. The Morgan fingerprint density at radius 1 is 1.38 bits per heavy atom. The number of carbonyl (C=O) groups is 1. The van der Waals surface area contributed by atoms with Gasteiger partial charge in [-0.25, -0.2) is 4.68 Å². The molecule has 1 amide bonds. The zero-order chi connectivity index (χ0) is 16.9. The number of hydrogen-bond acceptors (Lipinski definition) is 5. The molecular weight excluding hydrogens is 324 g/mol. The lowest BCUT2D eigenvalue weighted by Crippen LogP contribution is -2.30. The molecule has 126 valence electrons. The number of likely N-dealkylation sites (N-methyl/N-ethyl adjacent to an activating group) is 1. The molecule has 0 unspecified atom stereocenters. The number of rotatable bonds is 7. The van der Waals surface area contributed by atoms with Gasteiger partial charge in [0.15, 0.2) is 0 Å². The van der Waals surface area contributed by atoms with E-state index in [1.54, 1.807) is 26.9 Å².